The third-order valence-electron chi connectivity index (χ3n) is 3.85. The third-order valence-corrected chi connectivity index (χ3v) is 4.29. The smallest absolute Gasteiger partial charge is 0.457 e. The standard InChI is InChI=1S/C13H18NO8P/c1-4-5-21-13(17)10-11(22-23(18,19)20)6(2)9-8(7(3)15)12(16)14(9)10/h4,6-9,15H,1,5H2,2-3H3,(H2,18,19,20)/t6-,7-,8-,9-/m1/s1. The fourth-order valence-corrected chi connectivity index (χ4v) is 3.47. The van der Waals surface area contributed by atoms with Crippen molar-refractivity contribution in [3.8, 4) is 0 Å². The van der Waals surface area contributed by atoms with Crippen LogP contribution in [0.1, 0.15) is 13.8 Å². The van der Waals surface area contributed by atoms with Gasteiger partial charge in [0.1, 0.15) is 12.4 Å². The van der Waals surface area contributed by atoms with E-state index in [9.17, 15) is 19.3 Å². The van der Waals surface area contributed by atoms with Crippen LogP contribution < -0.4 is 0 Å². The summed E-state index contributed by atoms with van der Waals surface area (Å²) in [6, 6.07) is -0.615. The van der Waals surface area contributed by atoms with Crippen LogP contribution in [0.3, 0.4) is 0 Å². The predicted octanol–water partition coefficient (Wildman–Crippen LogP) is -0.106. The lowest BCUT2D eigenvalue weighted by Crippen LogP contribution is -2.63. The Bertz CT molecular complexity index is 621. The molecule has 0 radical (unpaired) electrons. The lowest BCUT2D eigenvalue weighted by atomic mass is 9.79. The maximum absolute atomic E-state index is 12.2. The number of β-lactam (4-membered cyclic amide) rings is 1. The monoisotopic (exact) mass is 347 g/mol. The van der Waals surface area contributed by atoms with E-state index in [2.05, 4.69) is 11.1 Å². The predicted molar refractivity (Wildman–Crippen MR) is 76.3 cm³/mol. The number of carbonyl (C=O) groups is 2. The van der Waals surface area contributed by atoms with E-state index in [-0.39, 0.29) is 18.1 Å². The zero-order chi connectivity index (χ0) is 17.5. The Hall–Kier alpha value is -1.67. The molecule has 1 saturated heterocycles. The molecule has 10 heteroatoms. The molecule has 0 aromatic carbocycles. The van der Waals surface area contributed by atoms with Crippen molar-refractivity contribution in [2.45, 2.75) is 26.0 Å². The van der Waals surface area contributed by atoms with Crippen LogP contribution in [0, 0.1) is 11.8 Å². The number of phosphoric acid groups is 1. The fourth-order valence-electron chi connectivity index (χ4n) is 2.96. The van der Waals surface area contributed by atoms with Gasteiger partial charge in [0, 0.05) is 5.92 Å². The highest BCUT2D eigenvalue weighted by Gasteiger charge is 2.61. The van der Waals surface area contributed by atoms with Gasteiger partial charge in [0.2, 0.25) is 5.91 Å². The number of phosphoric ester groups is 1. The Morgan fingerprint density at radius 3 is 2.61 bits per heavy atom. The molecule has 23 heavy (non-hydrogen) atoms. The molecule has 1 fully saturated rings. The molecule has 0 unspecified atom stereocenters. The summed E-state index contributed by atoms with van der Waals surface area (Å²) in [5, 5.41) is 9.70. The molecule has 2 aliphatic heterocycles. The van der Waals surface area contributed by atoms with E-state index in [0.717, 1.165) is 4.90 Å². The molecule has 0 saturated carbocycles. The Morgan fingerprint density at radius 2 is 2.13 bits per heavy atom. The molecule has 4 atom stereocenters. The summed E-state index contributed by atoms with van der Waals surface area (Å²) in [5.41, 5.74) is -0.338. The summed E-state index contributed by atoms with van der Waals surface area (Å²) in [6.07, 6.45) is 0.347. The van der Waals surface area contributed by atoms with E-state index < -0.39 is 43.7 Å². The number of hydrogen-bond acceptors (Lipinski definition) is 6. The molecule has 0 spiro atoms. The van der Waals surface area contributed by atoms with Gasteiger partial charge in [-0.15, -0.1) is 0 Å². The number of aliphatic hydroxyl groups is 1. The van der Waals surface area contributed by atoms with Crippen LogP contribution >= 0.6 is 7.82 Å². The topological polar surface area (TPSA) is 134 Å². The van der Waals surface area contributed by atoms with Crippen LogP contribution in [-0.2, 0) is 23.4 Å². The van der Waals surface area contributed by atoms with Crippen LogP contribution in [0.4, 0.5) is 0 Å². The van der Waals surface area contributed by atoms with Crippen molar-refractivity contribution in [3.63, 3.8) is 0 Å². The molecule has 0 aromatic heterocycles. The minimum Gasteiger partial charge on any atom is -0.457 e. The fraction of sp³-hybridized carbons (Fsp3) is 0.538. The first kappa shape index (κ1) is 17.7. The van der Waals surface area contributed by atoms with E-state index in [1.807, 2.05) is 0 Å². The number of fused-ring (bicyclic) bond motifs is 1. The average Bonchev–Trinajstić information content (AvgIpc) is 2.64. The van der Waals surface area contributed by atoms with Crippen LogP contribution in [0.5, 0.6) is 0 Å². The van der Waals surface area contributed by atoms with Gasteiger partial charge < -0.3 is 14.4 Å². The van der Waals surface area contributed by atoms with E-state index >= 15 is 0 Å². The van der Waals surface area contributed by atoms with E-state index in [4.69, 9.17) is 14.5 Å². The number of ether oxygens (including phenoxy) is 1. The summed E-state index contributed by atoms with van der Waals surface area (Å²) in [5.74, 6) is -3.23. The third kappa shape index (κ3) is 3.05. The summed E-state index contributed by atoms with van der Waals surface area (Å²) in [4.78, 5) is 43.5. The zero-order valence-electron chi connectivity index (χ0n) is 12.6. The van der Waals surface area contributed by atoms with E-state index in [1.54, 1.807) is 6.92 Å². The number of aliphatic hydroxyl groups excluding tert-OH is 1. The van der Waals surface area contributed by atoms with Gasteiger partial charge in [-0.3, -0.25) is 19.5 Å². The molecule has 9 nitrogen and oxygen atoms in total. The van der Waals surface area contributed by atoms with Crippen molar-refractivity contribution in [1.29, 1.82) is 0 Å². The van der Waals surface area contributed by atoms with Gasteiger partial charge in [-0.1, -0.05) is 19.6 Å². The number of rotatable bonds is 6. The summed E-state index contributed by atoms with van der Waals surface area (Å²) in [6.45, 7) is 6.24. The molecule has 2 aliphatic rings. The van der Waals surface area contributed by atoms with Gasteiger partial charge in [-0.25, -0.2) is 9.36 Å². The molecule has 2 heterocycles. The van der Waals surface area contributed by atoms with Crippen LogP contribution in [-0.4, -0.2) is 50.4 Å². The highest BCUT2D eigenvalue weighted by Crippen LogP contribution is 2.52. The van der Waals surface area contributed by atoms with Gasteiger partial charge >= 0.3 is 13.8 Å². The number of hydrogen-bond donors (Lipinski definition) is 3. The lowest BCUT2D eigenvalue weighted by molar-refractivity contribution is -0.164. The minimum atomic E-state index is -4.93. The SMILES string of the molecule is C=CCOC(=O)C1=C(OP(=O)(O)O)[C@H](C)[C@@H]2[C@@H]([C@@H](C)O)C(=O)N12. The second-order valence-electron chi connectivity index (χ2n) is 5.44. The number of nitrogens with zero attached hydrogens (tertiary/aromatic N) is 1. The molecule has 0 bridgehead atoms. The molecule has 1 amide bonds. The summed E-state index contributed by atoms with van der Waals surface area (Å²) >= 11 is 0. The van der Waals surface area contributed by atoms with Crippen molar-refractivity contribution >= 4 is 19.7 Å². The Kier molecular flexibility index (Phi) is 4.68. The Labute approximate surface area is 132 Å². The molecular weight excluding hydrogens is 329 g/mol. The minimum absolute atomic E-state index is 0.133. The second-order valence-corrected chi connectivity index (χ2v) is 6.60. The number of carbonyl (C=O) groups excluding carboxylic acids is 2. The van der Waals surface area contributed by atoms with Gasteiger partial charge in [0.15, 0.2) is 5.70 Å². The summed E-state index contributed by atoms with van der Waals surface area (Å²) < 4.78 is 20.6. The first-order valence-electron chi connectivity index (χ1n) is 6.88. The quantitative estimate of drug-likeness (QED) is 0.262. The molecule has 128 valence electrons. The summed E-state index contributed by atoms with van der Waals surface area (Å²) in [7, 11) is -4.93. The van der Waals surface area contributed by atoms with Crippen molar-refractivity contribution in [1.82, 2.24) is 4.90 Å². The highest BCUT2D eigenvalue weighted by atomic mass is 31.2. The van der Waals surface area contributed by atoms with E-state index in [0.29, 0.717) is 0 Å². The van der Waals surface area contributed by atoms with Crippen molar-refractivity contribution in [3.05, 3.63) is 24.1 Å². The maximum atomic E-state index is 12.2. The maximum Gasteiger partial charge on any atom is 0.524 e. The number of esters is 1. The number of amides is 1. The molecule has 2 rings (SSSR count). The molecule has 0 aromatic rings. The van der Waals surface area contributed by atoms with Crippen LogP contribution in [0.15, 0.2) is 24.1 Å². The highest BCUT2D eigenvalue weighted by molar-refractivity contribution is 7.46. The molecule has 3 N–H and O–H groups in total. The normalized spacial score (nSPS) is 28.1. The lowest BCUT2D eigenvalue weighted by Gasteiger charge is -2.46. The Balaban J connectivity index is 2.41. The largest absolute Gasteiger partial charge is 0.524 e. The molecular formula is C13H18NO8P. The zero-order valence-corrected chi connectivity index (χ0v) is 13.5. The van der Waals surface area contributed by atoms with E-state index in [1.165, 1.54) is 13.0 Å². The van der Waals surface area contributed by atoms with Gasteiger partial charge in [0.25, 0.3) is 0 Å². The first-order valence-corrected chi connectivity index (χ1v) is 8.41. The van der Waals surface area contributed by atoms with Crippen molar-refractivity contribution in [2.24, 2.45) is 11.8 Å². The Morgan fingerprint density at radius 1 is 1.52 bits per heavy atom. The van der Waals surface area contributed by atoms with Crippen LogP contribution in [0.25, 0.3) is 0 Å². The molecule has 0 aliphatic carbocycles. The first-order chi connectivity index (χ1) is 10.6. The average molecular weight is 347 g/mol. The van der Waals surface area contributed by atoms with Gasteiger partial charge in [0.05, 0.1) is 18.1 Å². The van der Waals surface area contributed by atoms with Crippen LogP contribution in [0.2, 0.25) is 0 Å². The van der Waals surface area contributed by atoms with Crippen molar-refractivity contribution < 1.29 is 38.3 Å². The van der Waals surface area contributed by atoms with Crippen molar-refractivity contribution in [2.75, 3.05) is 6.61 Å². The van der Waals surface area contributed by atoms with Gasteiger partial charge in [-0.05, 0) is 6.92 Å². The van der Waals surface area contributed by atoms with Gasteiger partial charge in [-0.2, -0.15) is 0 Å². The second kappa shape index (κ2) is 6.09.